The Morgan fingerprint density at radius 1 is 0.474 bits per heavy atom. The maximum atomic E-state index is 7.91. The highest BCUT2D eigenvalue weighted by Crippen LogP contribution is 2.57. The van der Waals surface area contributed by atoms with Gasteiger partial charge >= 0.3 is 0 Å². The molecule has 0 N–H and O–H groups in total. The molecule has 0 saturated heterocycles. The molecule has 13 rings (SSSR count). The van der Waals surface area contributed by atoms with Crippen molar-refractivity contribution in [1.82, 2.24) is 4.57 Å². The van der Waals surface area contributed by atoms with Crippen LogP contribution >= 0.6 is 0 Å². The molecule has 0 spiro atoms. The first-order valence-corrected chi connectivity index (χ1v) is 29.0. The average molecular weight is 1020 g/mol. The zero-order valence-corrected chi connectivity index (χ0v) is 49.1. The van der Waals surface area contributed by atoms with E-state index in [1.807, 2.05) is 0 Å². The lowest BCUT2D eigenvalue weighted by molar-refractivity contribution is 0.282. The molecule has 2 aliphatic heterocycles. The van der Waals surface area contributed by atoms with Gasteiger partial charge in [-0.15, -0.1) is 0 Å². The predicted molar refractivity (Wildman–Crippen MR) is 333 cm³/mol. The van der Waals surface area contributed by atoms with Gasteiger partial charge in [-0.3, -0.25) is 0 Å². The number of hydrogen-bond donors (Lipinski definition) is 0. The Hall–Kier alpha value is -6.98. The molecule has 0 bridgehead atoms. The van der Waals surface area contributed by atoms with Gasteiger partial charge in [-0.2, -0.15) is 0 Å². The first kappa shape index (κ1) is 50.5. The van der Waals surface area contributed by atoms with Gasteiger partial charge in [0.1, 0.15) is 5.76 Å². The Bertz CT molecular complexity index is 3890. The number of furan rings is 1. The minimum Gasteiger partial charge on any atom is -0.472 e. The van der Waals surface area contributed by atoms with E-state index in [0.29, 0.717) is 0 Å². The molecule has 7 aromatic carbocycles. The van der Waals surface area contributed by atoms with E-state index < -0.39 is 0 Å². The zero-order valence-electron chi connectivity index (χ0n) is 49.1. The fourth-order valence-corrected chi connectivity index (χ4v) is 14.4. The molecule has 0 amide bonds. The van der Waals surface area contributed by atoms with Gasteiger partial charge in [0.05, 0.1) is 28.2 Å². The fourth-order valence-electron chi connectivity index (χ4n) is 14.4. The van der Waals surface area contributed by atoms with Crippen molar-refractivity contribution in [3.8, 4) is 27.9 Å². The molecule has 0 atom stereocenters. The van der Waals surface area contributed by atoms with Crippen LogP contribution in [0.4, 0.5) is 34.1 Å². The average Bonchev–Trinajstić information content (AvgIpc) is 4.15. The van der Waals surface area contributed by atoms with Crippen LogP contribution in [-0.4, -0.2) is 11.3 Å². The molecule has 0 radical (unpaired) electrons. The molecule has 394 valence electrons. The number of benzene rings is 7. The molecule has 5 heteroatoms. The second-order valence-corrected chi connectivity index (χ2v) is 28.4. The van der Waals surface area contributed by atoms with Gasteiger partial charge in [0, 0.05) is 61.4 Å². The normalized spacial score (nSPS) is 17.6. The third kappa shape index (κ3) is 7.60. The Labute approximate surface area is 465 Å². The van der Waals surface area contributed by atoms with Gasteiger partial charge in [-0.1, -0.05) is 200 Å². The topological polar surface area (TPSA) is 24.6 Å². The quantitative estimate of drug-likeness (QED) is 0.161. The number of nitrogens with zero attached hydrogens (tertiary/aromatic N) is 3. The van der Waals surface area contributed by atoms with Crippen LogP contribution in [0.5, 0.6) is 0 Å². The van der Waals surface area contributed by atoms with E-state index in [2.05, 4.69) is 270 Å². The fraction of sp³-hybridized carbons (Fsp3) is 0.342. The van der Waals surface area contributed by atoms with E-state index in [0.717, 1.165) is 42.8 Å². The van der Waals surface area contributed by atoms with Crippen LogP contribution in [0.15, 0.2) is 156 Å². The van der Waals surface area contributed by atoms with Crippen molar-refractivity contribution in [1.29, 1.82) is 0 Å². The van der Waals surface area contributed by atoms with E-state index in [1.54, 1.807) is 0 Å². The SMILES string of the molecule is Cc1cc2c3c(c1)N(c1ccc(C(C)(C)C)cc1)c1c(oc4c1C(C)(C)CCC4(C)C)B3c1cc3c4c(n(-c5ccccc5-c5ccccc5)c3cc1N2c1ccc(C(C)(C)C)cc1-c1ccccc1)C(C)(C)CCC4(C)C. The second-order valence-electron chi connectivity index (χ2n) is 28.4. The molecule has 4 heterocycles. The molecular weight excluding hydrogens is 946 g/mol. The van der Waals surface area contributed by atoms with Gasteiger partial charge in [-0.05, 0) is 147 Å². The molecule has 4 nitrogen and oxygen atoms in total. The standard InChI is InChI=1S/C73H78BN3O/c1-45-40-59-63-60(41-45)76(56-35-32-49(69(5,6)7)42-52(56)47-26-20-17-21-27-47)58-44-57-53(61-65(72(12,13)38-36-70(61,8)9)77(57)55-29-23-22-28-51(55)46-24-18-16-19-25-46)43-54(58)74(63)67-64(62-66(78-67)73(14,15)39-37-71(62,10)11)75(59)50-33-30-48(31-34-50)68(2,3)4/h16-35,40-44H,36-39H2,1-15H3. The molecule has 9 aromatic rings. The van der Waals surface area contributed by atoms with Crippen LogP contribution in [0.25, 0.3) is 38.8 Å². The van der Waals surface area contributed by atoms with E-state index >= 15 is 0 Å². The largest absolute Gasteiger partial charge is 0.472 e. The predicted octanol–water partition coefficient (Wildman–Crippen LogP) is 18.2. The number of rotatable bonds is 5. The monoisotopic (exact) mass is 1020 g/mol. The summed E-state index contributed by atoms with van der Waals surface area (Å²) in [7, 11) is 0. The highest BCUT2D eigenvalue weighted by atomic mass is 16.3. The number of aromatic nitrogens is 1. The first-order chi connectivity index (χ1) is 36.9. The smallest absolute Gasteiger partial charge is 0.297 e. The minimum atomic E-state index is -0.187. The molecule has 2 aliphatic carbocycles. The zero-order chi connectivity index (χ0) is 54.8. The van der Waals surface area contributed by atoms with Crippen molar-refractivity contribution in [3.63, 3.8) is 0 Å². The number of hydrogen-bond acceptors (Lipinski definition) is 3. The third-order valence-corrected chi connectivity index (χ3v) is 18.9. The molecule has 0 unspecified atom stereocenters. The van der Waals surface area contributed by atoms with Crippen LogP contribution in [0.2, 0.25) is 0 Å². The van der Waals surface area contributed by atoms with Crippen molar-refractivity contribution in [2.45, 2.75) is 162 Å². The Balaban J connectivity index is 1.21. The van der Waals surface area contributed by atoms with E-state index in [1.165, 1.54) is 112 Å². The maximum Gasteiger partial charge on any atom is 0.297 e. The summed E-state index contributed by atoms with van der Waals surface area (Å²) in [5.41, 5.74) is 25.8. The summed E-state index contributed by atoms with van der Waals surface area (Å²) < 4.78 is 10.6. The summed E-state index contributed by atoms with van der Waals surface area (Å²) in [6.07, 6.45) is 4.35. The van der Waals surface area contributed by atoms with E-state index in [9.17, 15) is 0 Å². The lowest BCUT2D eigenvalue weighted by Crippen LogP contribution is -2.61. The number of anilines is 6. The van der Waals surface area contributed by atoms with Gasteiger partial charge in [0.25, 0.3) is 6.71 Å². The highest BCUT2D eigenvalue weighted by Gasteiger charge is 2.53. The second kappa shape index (κ2) is 17.0. The maximum absolute atomic E-state index is 7.91. The van der Waals surface area contributed by atoms with Crippen LogP contribution in [0.1, 0.15) is 162 Å². The van der Waals surface area contributed by atoms with Crippen molar-refractivity contribution in [2.75, 3.05) is 9.80 Å². The van der Waals surface area contributed by atoms with Gasteiger partial charge in [0.2, 0.25) is 0 Å². The van der Waals surface area contributed by atoms with Crippen LogP contribution in [0, 0.1) is 6.92 Å². The summed E-state index contributed by atoms with van der Waals surface area (Å²) in [4.78, 5) is 5.30. The Morgan fingerprint density at radius 2 is 1.03 bits per heavy atom. The summed E-state index contributed by atoms with van der Waals surface area (Å²) in [6, 6.07) is 58.3. The van der Waals surface area contributed by atoms with Gasteiger partial charge in [-0.25, -0.2) is 0 Å². The minimum absolute atomic E-state index is 0.0140. The van der Waals surface area contributed by atoms with Crippen LogP contribution < -0.4 is 26.4 Å². The molecular formula is C73H78BN3O. The van der Waals surface area contributed by atoms with Crippen molar-refractivity contribution in [3.05, 3.63) is 191 Å². The highest BCUT2D eigenvalue weighted by molar-refractivity contribution is 6.99. The summed E-state index contributed by atoms with van der Waals surface area (Å²) >= 11 is 0. The molecule has 78 heavy (non-hydrogen) atoms. The van der Waals surface area contributed by atoms with Gasteiger partial charge < -0.3 is 18.8 Å². The molecule has 0 fully saturated rings. The lowest BCUT2D eigenvalue weighted by atomic mass is 9.35. The molecule has 4 aliphatic rings. The summed E-state index contributed by atoms with van der Waals surface area (Å²) in [6.45, 7) is 35.8. The van der Waals surface area contributed by atoms with Crippen LogP contribution in [0.3, 0.4) is 0 Å². The van der Waals surface area contributed by atoms with Gasteiger partial charge in [0.15, 0.2) is 0 Å². The van der Waals surface area contributed by atoms with E-state index in [-0.39, 0.29) is 39.2 Å². The number of aryl methyl sites for hydroxylation is 1. The Kier molecular flexibility index (Phi) is 11.0. The van der Waals surface area contributed by atoms with Crippen molar-refractivity contribution < 1.29 is 4.42 Å². The summed E-state index contributed by atoms with van der Waals surface area (Å²) in [5.74, 6) is 1.14. The third-order valence-electron chi connectivity index (χ3n) is 18.9. The van der Waals surface area contributed by atoms with Crippen LogP contribution in [-0.2, 0) is 32.5 Å². The molecule has 2 aromatic heterocycles. The van der Waals surface area contributed by atoms with Crippen molar-refractivity contribution in [2.24, 2.45) is 0 Å². The Morgan fingerprint density at radius 3 is 1.67 bits per heavy atom. The molecule has 0 saturated carbocycles. The number of para-hydroxylation sites is 1. The summed E-state index contributed by atoms with van der Waals surface area (Å²) in [5, 5.41) is 1.34. The first-order valence-electron chi connectivity index (χ1n) is 29.0. The van der Waals surface area contributed by atoms with E-state index in [4.69, 9.17) is 4.42 Å². The lowest BCUT2D eigenvalue weighted by Gasteiger charge is -2.44. The van der Waals surface area contributed by atoms with Crippen molar-refractivity contribution >= 4 is 68.3 Å². The number of fused-ring (bicyclic) bond motifs is 9.